The zero-order chi connectivity index (χ0) is 41.2. The fraction of sp³-hybridized carbons (Fsp3) is 0.375. The second kappa shape index (κ2) is 23.1. The molecule has 57 heavy (non-hydrogen) atoms. The van der Waals surface area contributed by atoms with E-state index in [0.717, 1.165) is 47.9 Å². The number of benzene rings is 4. The number of nitrogens with one attached hydrogen (secondary N) is 1. The molecular weight excluding hydrogens is 736 g/mol. The fourth-order valence-electron chi connectivity index (χ4n) is 7.04. The van der Waals surface area contributed by atoms with E-state index in [1.54, 1.807) is 54.6 Å². The summed E-state index contributed by atoms with van der Waals surface area (Å²) in [5.74, 6) is -2.00. The Morgan fingerprint density at radius 1 is 0.474 bits per heavy atom. The Bertz CT molecular complexity index is 2050. The van der Waals surface area contributed by atoms with Crippen LogP contribution in [0, 0.1) is 0 Å². The number of ketones is 4. The number of halogens is 1. The molecule has 0 radical (unpaired) electrons. The van der Waals surface area contributed by atoms with Gasteiger partial charge in [0, 0.05) is 46.5 Å². The Kier molecular flexibility index (Phi) is 18.1. The number of anilines is 2. The van der Waals surface area contributed by atoms with E-state index >= 15 is 0 Å². The lowest BCUT2D eigenvalue weighted by atomic mass is 9.84. The van der Waals surface area contributed by atoms with Crippen molar-refractivity contribution in [1.29, 1.82) is 0 Å². The molecule has 0 aromatic heterocycles. The molecule has 9 heteroatoms. The van der Waals surface area contributed by atoms with E-state index in [0.29, 0.717) is 46.5 Å². The molecule has 2 aliphatic carbocycles. The second-order valence-corrected chi connectivity index (χ2v) is 15.0. The van der Waals surface area contributed by atoms with Crippen LogP contribution in [-0.4, -0.2) is 34.3 Å². The third-order valence-corrected chi connectivity index (χ3v) is 10.3. The summed E-state index contributed by atoms with van der Waals surface area (Å²) in [6, 6.07) is 24.6. The van der Waals surface area contributed by atoms with Gasteiger partial charge in [-0.2, -0.15) is 0 Å². The highest BCUT2D eigenvalue weighted by Gasteiger charge is 2.31. The van der Waals surface area contributed by atoms with Crippen molar-refractivity contribution >= 4 is 57.3 Å². The summed E-state index contributed by atoms with van der Waals surface area (Å²) in [4.78, 5) is 71.2. The van der Waals surface area contributed by atoms with E-state index in [-0.39, 0.29) is 11.1 Å². The van der Waals surface area contributed by atoms with Gasteiger partial charge < -0.3 is 11.1 Å². The molecule has 0 saturated heterocycles. The van der Waals surface area contributed by atoms with Crippen LogP contribution in [0.4, 0.5) is 11.4 Å². The van der Waals surface area contributed by atoms with Gasteiger partial charge in [-0.15, -0.1) is 0 Å². The average molecular weight is 791 g/mol. The van der Waals surface area contributed by atoms with Crippen LogP contribution in [0.25, 0.3) is 22.3 Å². The lowest BCUT2D eigenvalue weighted by Gasteiger charge is -2.18. The van der Waals surface area contributed by atoms with E-state index in [1.807, 2.05) is 30.3 Å². The molecule has 3 N–H and O–H groups in total. The maximum absolute atomic E-state index is 12.5. The number of unbranched alkanes of at least 4 members (excludes halogenated alkanes) is 12. The molecule has 8 nitrogen and oxygen atoms in total. The Hall–Kier alpha value is -5.21. The molecule has 4 aromatic carbocycles. The van der Waals surface area contributed by atoms with Crippen molar-refractivity contribution in [2.24, 2.45) is 0 Å². The molecule has 0 heterocycles. The van der Waals surface area contributed by atoms with Gasteiger partial charge in [-0.25, -0.2) is 0 Å². The third-order valence-electron chi connectivity index (χ3n) is 10.2. The topological polar surface area (TPSA) is 140 Å². The number of hydrogen-bond acceptors (Lipinski definition) is 7. The summed E-state index contributed by atoms with van der Waals surface area (Å²) in [5, 5.41) is 2.67. The van der Waals surface area contributed by atoms with Gasteiger partial charge in [0.1, 0.15) is 0 Å². The van der Waals surface area contributed by atoms with E-state index < -0.39 is 23.1 Å². The molecule has 1 amide bonds. The first kappa shape index (κ1) is 44.5. The van der Waals surface area contributed by atoms with Gasteiger partial charge in [0.2, 0.25) is 34.3 Å². The van der Waals surface area contributed by atoms with Crippen molar-refractivity contribution in [2.45, 2.75) is 117 Å². The van der Waals surface area contributed by atoms with E-state index in [9.17, 15) is 28.8 Å². The standard InChI is InChI=1S/C24H27NO3.C14H9NO2.C10H19ClO/c1-2-3-4-5-6-7-8-13-22(26)25-17-14-15-19-18-11-9-10-12-20(18)23(27)24(28)21(19)16-17;15-8-5-6-10-9-3-1-2-4-11(9)13(16)14(17)12(10)7-8;1-2-3-4-5-6-7-8-9-10(11)12/h9-12,14-16H,2-8,13H2,1H3,(H,25,26);1-7H,15H2;2-9H2,1H3. The predicted octanol–water partition coefficient (Wildman–Crippen LogP) is 12.0. The Balaban J connectivity index is 0.000000210. The number of hydrogen-bond donors (Lipinski definition) is 2. The molecule has 0 bridgehead atoms. The van der Waals surface area contributed by atoms with Crippen molar-refractivity contribution in [3.63, 3.8) is 0 Å². The molecule has 0 aliphatic heterocycles. The highest BCUT2D eigenvalue weighted by atomic mass is 35.5. The predicted molar refractivity (Wildman–Crippen MR) is 230 cm³/mol. The summed E-state index contributed by atoms with van der Waals surface area (Å²) in [7, 11) is 0. The van der Waals surface area contributed by atoms with Crippen molar-refractivity contribution in [1.82, 2.24) is 0 Å². The third kappa shape index (κ3) is 12.9. The van der Waals surface area contributed by atoms with Crippen LogP contribution in [0.5, 0.6) is 0 Å². The number of fused-ring (bicyclic) bond motifs is 6. The molecule has 0 fully saturated rings. The molecule has 0 saturated carbocycles. The number of nitrogen functional groups attached to an aromatic ring is 1. The maximum Gasteiger partial charge on any atom is 0.234 e. The molecule has 0 atom stereocenters. The lowest BCUT2D eigenvalue weighted by Crippen LogP contribution is -2.21. The molecular formula is C48H55ClN2O6. The average Bonchev–Trinajstić information content (AvgIpc) is 3.21. The van der Waals surface area contributed by atoms with Crippen LogP contribution in [-0.2, 0) is 9.59 Å². The van der Waals surface area contributed by atoms with E-state index in [1.165, 1.54) is 64.2 Å². The number of carbonyl (C=O) groups excluding carboxylic acids is 6. The minimum absolute atomic E-state index is 0.0523. The monoisotopic (exact) mass is 790 g/mol. The van der Waals surface area contributed by atoms with Gasteiger partial charge in [-0.05, 0) is 71.0 Å². The molecule has 4 aromatic rings. The van der Waals surface area contributed by atoms with Gasteiger partial charge in [0.15, 0.2) is 0 Å². The number of Topliss-reactive ketones (excluding diaryl/α,β-unsaturated/α-hetero) is 4. The van der Waals surface area contributed by atoms with Crippen LogP contribution in [0.3, 0.4) is 0 Å². The first-order valence-corrected chi connectivity index (χ1v) is 20.8. The van der Waals surface area contributed by atoms with E-state index in [2.05, 4.69) is 19.2 Å². The van der Waals surface area contributed by atoms with Crippen molar-refractivity contribution < 1.29 is 28.8 Å². The SMILES string of the molecule is CCCCCCCCCC(=O)Cl.CCCCCCCCCC(=O)Nc1ccc2c(c1)C(=O)C(=O)c1ccccc1-2.Nc1ccc2c(c1)C(=O)C(=O)c1ccccc1-2. The Labute approximate surface area is 342 Å². The molecule has 300 valence electrons. The largest absolute Gasteiger partial charge is 0.399 e. The fourth-order valence-corrected chi connectivity index (χ4v) is 7.17. The van der Waals surface area contributed by atoms with Crippen LogP contribution in [0.2, 0.25) is 0 Å². The van der Waals surface area contributed by atoms with Crippen LogP contribution < -0.4 is 11.1 Å². The Morgan fingerprint density at radius 3 is 1.35 bits per heavy atom. The smallest absolute Gasteiger partial charge is 0.234 e. The van der Waals surface area contributed by atoms with E-state index in [4.69, 9.17) is 17.3 Å². The van der Waals surface area contributed by atoms with Crippen molar-refractivity contribution in [2.75, 3.05) is 11.1 Å². The van der Waals surface area contributed by atoms with Gasteiger partial charge in [-0.3, -0.25) is 28.8 Å². The molecule has 0 unspecified atom stereocenters. The van der Waals surface area contributed by atoms with Crippen LogP contribution in [0.15, 0.2) is 84.9 Å². The summed E-state index contributed by atoms with van der Waals surface area (Å²) in [6.07, 6.45) is 17.8. The number of carbonyl (C=O) groups is 6. The quantitative estimate of drug-likeness (QED) is 0.0469. The lowest BCUT2D eigenvalue weighted by molar-refractivity contribution is -0.116. The second-order valence-electron chi connectivity index (χ2n) is 14.6. The summed E-state index contributed by atoms with van der Waals surface area (Å²) >= 11 is 5.20. The first-order chi connectivity index (χ1) is 27.6. The number of rotatable bonds is 17. The van der Waals surface area contributed by atoms with Crippen LogP contribution >= 0.6 is 11.6 Å². The van der Waals surface area contributed by atoms with Gasteiger partial charge >= 0.3 is 0 Å². The van der Waals surface area contributed by atoms with Gasteiger partial charge in [0.25, 0.3) is 0 Å². The molecule has 2 aliphatic rings. The number of amides is 1. The number of nitrogens with two attached hydrogens (primary N) is 1. The summed E-state index contributed by atoms with van der Waals surface area (Å²) in [6.45, 7) is 4.42. The summed E-state index contributed by atoms with van der Waals surface area (Å²) < 4.78 is 0. The normalized spacial score (nSPS) is 12.2. The van der Waals surface area contributed by atoms with Gasteiger partial charge in [-0.1, -0.05) is 152 Å². The van der Waals surface area contributed by atoms with Crippen LogP contribution in [0.1, 0.15) is 158 Å². The Morgan fingerprint density at radius 2 is 0.860 bits per heavy atom. The van der Waals surface area contributed by atoms with Crippen molar-refractivity contribution in [3.05, 3.63) is 107 Å². The zero-order valence-electron chi connectivity index (χ0n) is 33.3. The van der Waals surface area contributed by atoms with Gasteiger partial charge in [0.05, 0.1) is 0 Å². The first-order valence-electron chi connectivity index (χ1n) is 20.5. The van der Waals surface area contributed by atoms with Crippen molar-refractivity contribution in [3.8, 4) is 22.3 Å². The summed E-state index contributed by atoms with van der Waals surface area (Å²) in [5.41, 5.74) is 11.4. The zero-order valence-corrected chi connectivity index (χ0v) is 34.1. The minimum atomic E-state index is -0.517. The highest BCUT2D eigenvalue weighted by molar-refractivity contribution is 6.63. The molecule has 6 rings (SSSR count). The minimum Gasteiger partial charge on any atom is -0.399 e. The maximum atomic E-state index is 12.5. The highest BCUT2D eigenvalue weighted by Crippen LogP contribution is 2.36. The molecule has 0 spiro atoms.